The van der Waals surface area contributed by atoms with E-state index in [1.165, 1.54) is 18.2 Å². The zero-order valence-corrected chi connectivity index (χ0v) is 11.2. The second-order valence-electron chi connectivity index (χ2n) is 3.57. The summed E-state index contributed by atoms with van der Waals surface area (Å²) in [4.78, 5) is 6.14. The van der Waals surface area contributed by atoms with Crippen LogP contribution in [0.2, 0.25) is 5.02 Å². The lowest BCUT2D eigenvalue weighted by Gasteiger charge is -2.09. The number of hydrogen-bond donors (Lipinski definition) is 3. The Balaban J connectivity index is 2.36. The van der Waals surface area contributed by atoms with Crippen molar-refractivity contribution in [2.75, 3.05) is 11.1 Å². The molecule has 2 aromatic rings. The molecule has 0 aliphatic rings. The molecule has 106 valence electrons. The van der Waals surface area contributed by atoms with Gasteiger partial charge in [-0.3, -0.25) is 0 Å². The van der Waals surface area contributed by atoms with Gasteiger partial charge in [-0.25, -0.2) is 4.21 Å². The van der Waals surface area contributed by atoms with Crippen molar-refractivity contribution in [2.45, 2.75) is 4.90 Å². The van der Waals surface area contributed by atoms with Gasteiger partial charge >= 0.3 is 6.08 Å². The molecule has 0 bridgehead atoms. The van der Waals surface area contributed by atoms with Gasteiger partial charge in [0, 0.05) is 5.69 Å². The number of nitrogen functional groups attached to an aromatic ring is 1. The number of nitrogens with one attached hydrogen (secondary N) is 1. The highest BCUT2D eigenvalue weighted by atomic mass is 35.5. The molecular formula is C10H7ClF2N4O2S. The van der Waals surface area contributed by atoms with Crippen molar-refractivity contribution in [3.63, 3.8) is 0 Å². The normalized spacial score (nSPS) is 12.2. The van der Waals surface area contributed by atoms with Gasteiger partial charge in [-0.1, -0.05) is 11.6 Å². The lowest BCUT2D eigenvalue weighted by molar-refractivity contribution is 0.485. The first-order chi connectivity index (χ1) is 9.38. The summed E-state index contributed by atoms with van der Waals surface area (Å²) >= 11 is 3.36. The molecule has 0 spiro atoms. The van der Waals surface area contributed by atoms with Gasteiger partial charge in [0.2, 0.25) is 5.95 Å². The number of halogens is 3. The van der Waals surface area contributed by atoms with Crippen LogP contribution in [0.1, 0.15) is 0 Å². The van der Waals surface area contributed by atoms with E-state index < -0.39 is 28.1 Å². The maximum absolute atomic E-state index is 13.1. The monoisotopic (exact) mass is 320 g/mol. The van der Waals surface area contributed by atoms with Crippen molar-refractivity contribution in [3.8, 4) is 0 Å². The molecule has 0 aliphatic heterocycles. The number of hydrogen-bond acceptors (Lipinski definition) is 5. The van der Waals surface area contributed by atoms with Crippen LogP contribution >= 0.6 is 11.6 Å². The quantitative estimate of drug-likeness (QED) is 0.347. The molecule has 1 atom stereocenters. The van der Waals surface area contributed by atoms with Gasteiger partial charge in [-0.15, -0.1) is 0 Å². The van der Waals surface area contributed by atoms with Crippen LogP contribution in [0.4, 0.5) is 26.0 Å². The standard InChI is InChI=1S/C10H7ClF2N4O2S/c11-7-8(12)16-10(13)17-9(7)15-4-1-2-6(20(18)19)5(14)3-4/h1-3H,14H2,(H,18,19)(H,15,16,17). The molecule has 6 nitrogen and oxygen atoms in total. The molecule has 0 radical (unpaired) electrons. The van der Waals surface area contributed by atoms with Crippen molar-refractivity contribution in [2.24, 2.45) is 0 Å². The molecule has 0 amide bonds. The van der Waals surface area contributed by atoms with Gasteiger partial charge in [-0.05, 0) is 18.2 Å². The summed E-state index contributed by atoms with van der Waals surface area (Å²) in [5.74, 6) is -1.49. The second-order valence-corrected chi connectivity index (χ2v) is 4.89. The van der Waals surface area contributed by atoms with Crippen molar-refractivity contribution >= 4 is 39.9 Å². The molecule has 0 aliphatic carbocycles. The number of nitrogens with two attached hydrogens (primary N) is 1. The first-order valence-electron chi connectivity index (χ1n) is 5.04. The van der Waals surface area contributed by atoms with Crippen LogP contribution in [0.5, 0.6) is 0 Å². The van der Waals surface area contributed by atoms with Gasteiger partial charge in [0.1, 0.15) is 5.02 Å². The van der Waals surface area contributed by atoms with Crippen LogP contribution in [0.15, 0.2) is 23.1 Å². The predicted molar refractivity (Wildman–Crippen MR) is 70.1 cm³/mol. The Morgan fingerprint density at radius 1 is 1.35 bits per heavy atom. The Bertz CT molecular complexity index is 701. The van der Waals surface area contributed by atoms with Crippen LogP contribution in [0, 0.1) is 12.0 Å². The third kappa shape index (κ3) is 3.00. The van der Waals surface area contributed by atoms with Gasteiger partial charge < -0.3 is 15.6 Å². The molecule has 1 unspecified atom stereocenters. The van der Waals surface area contributed by atoms with E-state index in [1.807, 2.05) is 0 Å². The largest absolute Gasteiger partial charge is 0.398 e. The van der Waals surface area contributed by atoms with E-state index in [0.717, 1.165) is 0 Å². The third-order valence-corrected chi connectivity index (χ3v) is 3.33. The van der Waals surface area contributed by atoms with Gasteiger partial charge in [0.05, 0.1) is 10.6 Å². The van der Waals surface area contributed by atoms with E-state index >= 15 is 0 Å². The Labute approximate surface area is 119 Å². The van der Waals surface area contributed by atoms with E-state index in [2.05, 4.69) is 15.3 Å². The van der Waals surface area contributed by atoms with Crippen molar-refractivity contribution in [3.05, 3.63) is 35.2 Å². The zero-order valence-electron chi connectivity index (χ0n) is 9.60. The smallest absolute Gasteiger partial charge is 0.313 e. The molecule has 2 rings (SSSR count). The minimum atomic E-state index is -2.23. The van der Waals surface area contributed by atoms with E-state index in [0.29, 0.717) is 0 Å². The summed E-state index contributed by atoms with van der Waals surface area (Å²) in [5.41, 5.74) is 5.88. The lowest BCUT2D eigenvalue weighted by atomic mass is 10.3. The van der Waals surface area contributed by atoms with Crippen LogP contribution < -0.4 is 11.1 Å². The van der Waals surface area contributed by atoms with E-state index in [4.69, 9.17) is 21.9 Å². The fraction of sp³-hybridized carbons (Fsp3) is 0. The zero-order chi connectivity index (χ0) is 14.9. The average Bonchev–Trinajstić information content (AvgIpc) is 2.35. The fourth-order valence-corrected chi connectivity index (χ4v) is 1.98. The highest BCUT2D eigenvalue weighted by molar-refractivity contribution is 7.79. The minimum absolute atomic E-state index is 0.0155. The van der Waals surface area contributed by atoms with E-state index in [9.17, 15) is 13.0 Å². The van der Waals surface area contributed by atoms with Crippen LogP contribution in [0.3, 0.4) is 0 Å². The van der Waals surface area contributed by atoms with Gasteiger partial charge in [-0.2, -0.15) is 18.7 Å². The predicted octanol–water partition coefficient (Wildman–Crippen LogP) is 2.31. The molecule has 10 heteroatoms. The number of aromatic nitrogens is 2. The molecule has 0 saturated heterocycles. The first kappa shape index (κ1) is 14.6. The van der Waals surface area contributed by atoms with Crippen molar-refractivity contribution in [1.82, 2.24) is 9.97 Å². The molecule has 1 aromatic heterocycles. The second kappa shape index (κ2) is 5.65. The Morgan fingerprint density at radius 2 is 2.05 bits per heavy atom. The van der Waals surface area contributed by atoms with Crippen LogP contribution in [-0.2, 0) is 11.1 Å². The van der Waals surface area contributed by atoms with Gasteiger partial charge in [0.15, 0.2) is 16.9 Å². The van der Waals surface area contributed by atoms with Crippen molar-refractivity contribution < 1.29 is 17.5 Å². The van der Waals surface area contributed by atoms with Crippen LogP contribution in [-0.4, -0.2) is 18.7 Å². The summed E-state index contributed by atoms with van der Waals surface area (Å²) in [6, 6.07) is 3.97. The molecule has 1 aromatic carbocycles. The maximum atomic E-state index is 13.1. The summed E-state index contributed by atoms with van der Waals surface area (Å²) in [6.07, 6.45) is -1.28. The number of benzene rings is 1. The van der Waals surface area contributed by atoms with Crippen LogP contribution in [0.25, 0.3) is 0 Å². The Kier molecular flexibility index (Phi) is 4.12. The molecule has 20 heavy (non-hydrogen) atoms. The van der Waals surface area contributed by atoms with Gasteiger partial charge in [0.25, 0.3) is 0 Å². The maximum Gasteiger partial charge on any atom is 0.313 e. The lowest BCUT2D eigenvalue weighted by Crippen LogP contribution is -2.03. The minimum Gasteiger partial charge on any atom is -0.398 e. The third-order valence-electron chi connectivity index (χ3n) is 2.24. The molecule has 0 fully saturated rings. The summed E-state index contributed by atoms with van der Waals surface area (Å²) in [6.45, 7) is 0. The Morgan fingerprint density at radius 3 is 2.65 bits per heavy atom. The first-order valence-corrected chi connectivity index (χ1v) is 6.53. The highest BCUT2D eigenvalue weighted by Gasteiger charge is 2.13. The highest BCUT2D eigenvalue weighted by Crippen LogP contribution is 2.27. The molecule has 1 heterocycles. The number of nitrogens with zero attached hydrogens (tertiary/aromatic N) is 2. The molecule has 4 N–H and O–H groups in total. The summed E-state index contributed by atoms with van der Waals surface area (Å²) in [7, 11) is 0. The summed E-state index contributed by atoms with van der Waals surface area (Å²) < 4.78 is 45.9. The number of rotatable bonds is 3. The topological polar surface area (TPSA) is 101 Å². The Hall–Kier alpha value is -1.84. The fourth-order valence-electron chi connectivity index (χ4n) is 1.40. The molecular weight excluding hydrogens is 314 g/mol. The molecule has 0 saturated carbocycles. The summed E-state index contributed by atoms with van der Waals surface area (Å²) in [5, 5.41) is 2.05. The van der Waals surface area contributed by atoms with Crippen molar-refractivity contribution in [1.29, 1.82) is 0 Å². The number of anilines is 3. The average molecular weight is 321 g/mol. The van der Waals surface area contributed by atoms with E-state index in [-0.39, 0.29) is 22.1 Å². The SMILES string of the molecule is Nc1cc(Nc2nc(F)nc(F)c2Cl)ccc1S(=O)O. The van der Waals surface area contributed by atoms with E-state index in [1.54, 1.807) is 0 Å².